The Morgan fingerprint density at radius 3 is 2.61 bits per heavy atom. The van der Waals surface area contributed by atoms with E-state index in [0.29, 0.717) is 19.4 Å². The molecule has 3 aliphatic rings. The Hall–Kier alpha value is -1.71. The van der Waals surface area contributed by atoms with Gasteiger partial charge in [0, 0.05) is 17.4 Å². The van der Waals surface area contributed by atoms with Gasteiger partial charge in [-0.2, -0.15) is 0 Å². The number of aliphatic hydroxyl groups is 1. The molecule has 3 saturated heterocycles. The van der Waals surface area contributed by atoms with E-state index in [1.807, 2.05) is 20.8 Å². The summed E-state index contributed by atoms with van der Waals surface area (Å²) in [6.07, 6.45) is 7.11. The second-order valence-corrected chi connectivity index (χ2v) is 12.2. The van der Waals surface area contributed by atoms with Crippen LogP contribution in [0.15, 0.2) is 25.3 Å². The van der Waals surface area contributed by atoms with Gasteiger partial charge in [-0.25, -0.2) is 0 Å². The fourth-order valence-corrected chi connectivity index (χ4v) is 7.58. The lowest BCUT2D eigenvalue weighted by Crippen LogP contribution is -2.61. The van der Waals surface area contributed by atoms with Crippen molar-refractivity contribution in [1.29, 1.82) is 0 Å². The maximum Gasteiger partial charge on any atom is 0.312 e. The number of carbonyl (C=O) groups is 3. The lowest BCUT2D eigenvalue weighted by atomic mass is 9.70. The van der Waals surface area contributed by atoms with E-state index in [4.69, 9.17) is 9.47 Å². The normalized spacial score (nSPS) is 32.0. The lowest BCUT2D eigenvalue weighted by molar-refractivity contribution is -0.157. The number of halogens is 1. The van der Waals surface area contributed by atoms with E-state index in [9.17, 15) is 19.5 Å². The molecule has 3 heterocycles. The van der Waals surface area contributed by atoms with Crippen molar-refractivity contribution in [3.8, 4) is 0 Å². The fraction of sp³-hybridized carbons (Fsp3) is 0.759. The first-order chi connectivity index (χ1) is 18.1. The van der Waals surface area contributed by atoms with E-state index in [-0.39, 0.29) is 41.8 Å². The number of carbonyl (C=O) groups excluding carboxylic acids is 3. The number of hydrogen-bond acceptors (Lipinski definition) is 6. The van der Waals surface area contributed by atoms with E-state index in [1.165, 1.54) is 0 Å². The average molecular weight is 598 g/mol. The van der Waals surface area contributed by atoms with Crippen LogP contribution >= 0.6 is 15.9 Å². The number of esters is 1. The second-order valence-electron chi connectivity index (χ2n) is 11.1. The number of aliphatic hydroxyl groups excluding tert-OH is 1. The van der Waals surface area contributed by atoms with Gasteiger partial charge in [-0.15, -0.1) is 13.2 Å². The van der Waals surface area contributed by atoms with Gasteiger partial charge in [0.2, 0.25) is 11.8 Å². The third kappa shape index (κ3) is 5.35. The molecule has 1 N–H and O–H groups in total. The summed E-state index contributed by atoms with van der Waals surface area (Å²) in [7, 11) is 0. The number of alkyl halides is 1. The molecule has 0 aromatic heterocycles. The molecule has 0 aromatic rings. The number of amides is 2. The molecule has 1 spiro atoms. The smallest absolute Gasteiger partial charge is 0.312 e. The van der Waals surface area contributed by atoms with Crippen molar-refractivity contribution in [3.63, 3.8) is 0 Å². The predicted octanol–water partition coefficient (Wildman–Crippen LogP) is 3.85. The lowest BCUT2D eigenvalue weighted by Gasteiger charge is -2.42. The van der Waals surface area contributed by atoms with Crippen molar-refractivity contribution in [2.75, 3.05) is 19.8 Å². The summed E-state index contributed by atoms with van der Waals surface area (Å²) in [5, 5.41) is 10.5. The molecule has 4 unspecified atom stereocenters. The molecule has 38 heavy (non-hydrogen) atoms. The number of fused-ring (bicyclic) bond motifs is 1. The number of allylic oxidation sites excluding steroid dienone is 1. The molecule has 9 atom stereocenters. The molecule has 8 nitrogen and oxygen atoms in total. The predicted molar refractivity (Wildman–Crippen MR) is 150 cm³/mol. The maximum absolute atomic E-state index is 14.5. The van der Waals surface area contributed by atoms with E-state index in [1.54, 1.807) is 22.0 Å². The molecule has 2 amide bonds. The van der Waals surface area contributed by atoms with Crippen LogP contribution in [-0.4, -0.2) is 87.1 Å². The molecule has 0 aliphatic carbocycles. The number of nitrogens with zero attached hydrogens (tertiary/aromatic N) is 2. The number of likely N-dealkylation sites (tertiary alicyclic amines) is 1. The number of ether oxygens (including phenoxy) is 2. The van der Waals surface area contributed by atoms with Gasteiger partial charge in [-0.05, 0) is 38.5 Å². The van der Waals surface area contributed by atoms with Crippen LogP contribution in [0.2, 0.25) is 0 Å². The quantitative estimate of drug-likeness (QED) is 0.133. The topological polar surface area (TPSA) is 96.4 Å². The van der Waals surface area contributed by atoms with E-state index in [0.717, 1.165) is 25.7 Å². The Morgan fingerprint density at radius 2 is 2.03 bits per heavy atom. The van der Waals surface area contributed by atoms with Gasteiger partial charge in [0.25, 0.3) is 0 Å². The van der Waals surface area contributed by atoms with Crippen molar-refractivity contribution in [1.82, 2.24) is 9.80 Å². The first-order valence-corrected chi connectivity index (χ1v) is 15.0. The summed E-state index contributed by atoms with van der Waals surface area (Å²) in [5.74, 6) is -2.71. The minimum atomic E-state index is -1.18. The molecule has 2 bridgehead atoms. The summed E-state index contributed by atoms with van der Waals surface area (Å²) in [5.41, 5.74) is -1.18. The van der Waals surface area contributed by atoms with E-state index in [2.05, 4.69) is 36.0 Å². The minimum Gasteiger partial charge on any atom is -0.465 e. The summed E-state index contributed by atoms with van der Waals surface area (Å²) >= 11 is 3.70. The van der Waals surface area contributed by atoms with Gasteiger partial charge < -0.3 is 24.4 Å². The van der Waals surface area contributed by atoms with Crippen molar-refractivity contribution in [2.45, 2.75) is 101 Å². The Morgan fingerprint density at radius 1 is 1.32 bits per heavy atom. The van der Waals surface area contributed by atoms with Crippen molar-refractivity contribution in [2.24, 2.45) is 17.8 Å². The molecule has 3 fully saturated rings. The molecule has 0 aromatic carbocycles. The number of hydrogen-bond donors (Lipinski definition) is 1. The van der Waals surface area contributed by atoms with E-state index < -0.39 is 41.6 Å². The molecular formula is C29H45BrN2O6. The van der Waals surface area contributed by atoms with Gasteiger partial charge in [-0.1, -0.05) is 61.7 Å². The summed E-state index contributed by atoms with van der Waals surface area (Å²) in [4.78, 5) is 45.3. The monoisotopic (exact) mass is 596 g/mol. The van der Waals surface area contributed by atoms with Crippen LogP contribution in [0.25, 0.3) is 0 Å². The molecule has 9 heteroatoms. The number of unbranched alkanes of at least 4 members (excludes halogenated alkanes) is 1. The minimum absolute atomic E-state index is 0.0586. The van der Waals surface area contributed by atoms with Crippen LogP contribution < -0.4 is 0 Å². The molecular weight excluding hydrogens is 552 g/mol. The highest BCUT2D eigenvalue weighted by molar-refractivity contribution is 9.09. The Bertz CT molecular complexity index is 898. The molecule has 3 aliphatic heterocycles. The standard InChI is InChI=1S/C29H45BrN2O6/c1-7-11-12-15-37-28(36)22-23-26(34)32(21(17-33)18(5)10-4)25(29(23)16-20(30)24(22)38-29)27(35)31(14-9-3)19(6)13-8-2/h7,9,18-25,33H,1,3,8,10-17H2,2,4-6H3/t18-,19?,20?,21-,22-,23-,24-,25?,29?/m0/s1. The van der Waals surface area contributed by atoms with Crippen LogP contribution in [0.3, 0.4) is 0 Å². The molecule has 3 rings (SSSR count). The second kappa shape index (κ2) is 13.1. The van der Waals surface area contributed by atoms with Crippen molar-refractivity contribution >= 4 is 33.7 Å². The van der Waals surface area contributed by atoms with Crippen molar-refractivity contribution < 1.29 is 29.0 Å². The van der Waals surface area contributed by atoms with E-state index >= 15 is 0 Å². The third-order valence-electron chi connectivity index (χ3n) is 8.72. The van der Waals surface area contributed by atoms with Crippen LogP contribution in [0, 0.1) is 17.8 Å². The highest BCUT2D eigenvalue weighted by atomic mass is 79.9. The summed E-state index contributed by atoms with van der Waals surface area (Å²) in [6, 6.07) is -1.60. The zero-order chi connectivity index (χ0) is 28.2. The summed E-state index contributed by atoms with van der Waals surface area (Å²) < 4.78 is 12.2. The largest absolute Gasteiger partial charge is 0.465 e. The fourth-order valence-electron chi connectivity index (χ4n) is 6.64. The Kier molecular flexibility index (Phi) is 10.6. The SMILES string of the molecule is C=CCCCOC(=O)[C@H]1[C@H]2C(=O)N([C@@H](CO)[C@@H](C)CC)C(C(=O)N(CC=C)C(C)CCC)C23CC(Br)[C@@H]1O3. The highest BCUT2D eigenvalue weighted by Gasteiger charge is 2.77. The zero-order valence-electron chi connectivity index (χ0n) is 23.3. The third-order valence-corrected chi connectivity index (χ3v) is 9.57. The maximum atomic E-state index is 14.5. The van der Waals surface area contributed by atoms with Gasteiger partial charge in [0.15, 0.2) is 0 Å². The van der Waals surface area contributed by atoms with Crippen LogP contribution in [-0.2, 0) is 23.9 Å². The van der Waals surface area contributed by atoms with Crippen LogP contribution in [0.4, 0.5) is 0 Å². The zero-order valence-corrected chi connectivity index (χ0v) is 24.9. The first-order valence-electron chi connectivity index (χ1n) is 14.1. The van der Waals surface area contributed by atoms with Crippen molar-refractivity contribution in [3.05, 3.63) is 25.3 Å². The number of rotatable bonds is 15. The highest BCUT2D eigenvalue weighted by Crippen LogP contribution is 2.61. The summed E-state index contributed by atoms with van der Waals surface area (Å²) in [6.45, 7) is 15.9. The van der Waals surface area contributed by atoms with Crippen LogP contribution in [0.1, 0.15) is 66.2 Å². The molecule has 0 saturated carbocycles. The van der Waals surface area contributed by atoms with Gasteiger partial charge in [0.1, 0.15) is 11.6 Å². The van der Waals surface area contributed by atoms with Gasteiger partial charge in [0.05, 0.1) is 37.2 Å². The Labute approximate surface area is 235 Å². The average Bonchev–Trinajstić information content (AvgIpc) is 3.48. The molecule has 214 valence electrons. The Balaban J connectivity index is 2.08. The first kappa shape index (κ1) is 30.8. The van der Waals surface area contributed by atoms with Gasteiger partial charge >= 0.3 is 5.97 Å². The van der Waals surface area contributed by atoms with Crippen LogP contribution in [0.5, 0.6) is 0 Å². The molecule has 0 radical (unpaired) electrons. The van der Waals surface area contributed by atoms with Gasteiger partial charge in [-0.3, -0.25) is 14.4 Å².